The van der Waals surface area contributed by atoms with Crippen LogP contribution in [0.25, 0.3) is 0 Å². The highest BCUT2D eigenvalue weighted by Crippen LogP contribution is 2.20. The molecule has 2 rings (SSSR count). The summed E-state index contributed by atoms with van der Waals surface area (Å²) in [6.45, 7) is 2.14. The van der Waals surface area contributed by atoms with E-state index in [-0.39, 0.29) is 0 Å². The fraction of sp³-hybridized carbons (Fsp3) is 1.00. The Bertz CT molecular complexity index is 74.5. The molecule has 2 aliphatic heterocycles. The summed E-state index contributed by atoms with van der Waals surface area (Å²) in [6.07, 6.45) is 3.02. The summed E-state index contributed by atoms with van der Waals surface area (Å²) in [4.78, 5) is 0. The van der Waals surface area contributed by atoms with Crippen LogP contribution in [-0.4, -0.2) is 25.3 Å². The van der Waals surface area contributed by atoms with E-state index in [2.05, 4.69) is 5.32 Å². The first kappa shape index (κ1) is 4.77. The number of hydrogen-bond acceptors (Lipinski definition) is 2. The second kappa shape index (κ2) is 1.71. The lowest BCUT2D eigenvalue weighted by Gasteiger charge is -2.04. The van der Waals surface area contributed by atoms with Crippen molar-refractivity contribution in [2.45, 2.75) is 25.0 Å². The van der Waals surface area contributed by atoms with Crippen LogP contribution in [0, 0.1) is 0 Å². The molecule has 2 atom stereocenters. The fourth-order valence-corrected chi connectivity index (χ4v) is 1.58. The number of hydrogen-bond donors (Lipinski definition) is 1. The van der Waals surface area contributed by atoms with E-state index < -0.39 is 0 Å². The van der Waals surface area contributed by atoms with Gasteiger partial charge in [-0.2, -0.15) is 0 Å². The Morgan fingerprint density at radius 1 is 1.38 bits per heavy atom. The predicted octanol–water partition coefficient (Wildman–Crippen LogP) is 0.137. The first-order chi connectivity index (χ1) is 3.97. The molecular formula is C6H11NO. The molecule has 2 saturated heterocycles. The SMILES string of the molecule is C1C[C@H]2OCC[C@@H]2N1. The van der Waals surface area contributed by atoms with Gasteiger partial charge in [-0.05, 0) is 19.4 Å². The predicted molar refractivity (Wildman–Crippen MR) is 30.8 cm³/mol. The Morgan fingerprint density at radius 3 is 3.25 bits per heavy atom. The fourth-order valence-electron chi connectivity index (χ4n) is 1.58. The van der Waals surface area contributed by atoms with E-state index in [1.165, 1.54) is 12.8 Å². The molecule has 0 saturated carbocycles. The van der Waals surface area contributed by atoms with Crippen molar-refractivity contribution in [3.8, 4) is 0 Å². The quantitative estimate of drug-likeness (QED) is 0.482. The molecule has 0 aromatic carbocycles. The molecule has 0 aliphatic carbocycles. The molecule has 0 spiro atoms. The average Bonchev–Trinajstić information content (AvgIpc) is 2.15. The van der Waals surface area contributed by atoms with Gasteiger partial charge < -0.3 is 10.1 Å². The molecule has 2 heterocycles. The Labute approximate surface area is 49.2 Å². The number of rotatable bonds is 0. The van der Waals surface area contributed by atoms with Gasteiger partial charge in [0.05, 0.1) is 6.10 Å². The van der Waals surface area contributed by atoms with Gasteiger partial charge in [-0.1, -0.05) is 0 Å². The Kier molecular flexibility index (Phi) is 1.02. The lowest BCUT2D eigenvalue weighted by Crippen LogP contribution is -2.24. The highest BCUT2D eigenvalue weighted by atomic mass is 16.5. The standard InChI is InChI=1S/C6H11NO/c1-3-7-5-2-4-8-6(1)5/h5-7H,1-4H2/t5-,6+/m0/s1. The van der Waals surface area contributed by atoms with E-state index in [4.69, 9.17) is 4.74 Å². The van der Waals surface area contributed by atoms with Crippen molar-refractivity contribution < 1.29 is 4.74 Å². The van der Waals surface area contributed by atoms with E-state index in [0.29, 0.717) is 12.1 Å². The van der Waals surface area contributed by atoms with Crippen LogP contribution >= 0.6 is 0 Å². The molecule has 0 amide bonds. The topological polar surface area (TPSA) is 21.3 Å². The second-order valence-electron chi connectivity index (χ2n) is 2.55. The molecule has 8 heavy (non-hydrogen) atoms. The van der Waals surface area contributed by atoms with Gasteiger partial charge >= 0.3 is 0 Å². The average molecular weight is 113 g/mol. The van der Waals surface area contributed by atoms with Crippen LogP contribution in [0.4, 0.5) is 0 Å². The third-order valence-electron chi connectivity index (χ3n) is 2.04. The molecule has 0 unspecified atom stereocenters. The first-order valence-electron chi connectivity index (χ1n) is 3.32. The van der Waals surface area contributed by atoms with Gasteiger partial charge in [0.25, 0.3) is 0 Å². The van der Waals surface area contributed by atoms with Crippen LogP contribution in [0.3, 0.4) is 0 Å². The Hall–Kier alpha value is -0.0800. The summed E-state index contributed by atoms with van der Waals surface area (Å²) >= 11 is 0. The normalized spacial score (nSPS) is 45.0. The molecule has 0 radical (unpaired) electrons. The van der Waals surface area contributed by atoms with Crippen LogP contribution in [0.1, 0.15) is 12.8 Å². The van der Waals surface area contributed by atoms with Crippen molar-refractivity contribution in [3.63, 3.8) is 0 Å². The van der Waals surface area contributed by atoms with Crippen molar-refractivity contribution in [1.29, 1.82) is 0 Å². The Balaban J connectivity index is 2.04. The van der Waals surface area contributed by atoms with Gasteiger partial charge in [-0.15, -0.1) is 0 Å². The van der Waals surface area contributed by atoms with Crippen LogP contribution < -0.4 is 5.32 Å². The molecule has 1 N–H and O–H groups in total. The minimum atomic E-state index is 0.565. The van der Waals surface area contributed by atoms with Crippen molar-refractivity contribution >= 4 is 0 Å². The van der Waals surface area contributed by atoms with Crippen molar-refractivity contribution in [1.82, 2.24) is 5.32 Å². The van der Waals surface area contributed by atoms with E-state index in [9.17, 15) is 0 Å². The van der Waals surface area contributed by atoms with Crippen molar-refractivity contribution in [2.75, 3.05) is 13.2 Å². The summed E-state index contributed by atoms with van der Waals surface area (Å²) in [7, 11) is 0. The van der Waals surface area contributed by atoms with E-state index >= 15 is 0 Å². The van der Waals surface area contributed by atoms with Gasteiger partial charge in [0, 0.05) is 12.6 Å². The Morgan fingerprint density at radius 2 is 2.38 bits per heavy atom. The molecule has 2 fully saturated rings. The molecule has 2 nitrogen and oxygen atoms in total. The molecule has 0 aromatic heterocycles. The highest BCUT2D eigenvalue weighted by Gasteiger charge is 2.31. The van der Waals surface area contributed by atoms with E-state index in [1.54, 1.807) is 0 Å². The van der Waals surface area contributed by atoms with Crippen LogP contribution in [0.5, 0.6) is 0 Å². The molecule has 2 aliphatic rings. The number of ether oxygens (including phenoxy) is 1. The van der Waals surface area contributed by atoms with Gasteiger partial charge in [0.1, 0.15) is 0 Å². The zero-order chi connectivity index (χ0) is 5.40. The van der Waals surface area contributed by atoms with Gasteiger partial charge in [-0.25, -0.2) is 0 Å². The van der Waals surface area contributed by atoms with Crippen molar-refractivity contribution in [2.24, 2.45) is 0 Å². The smallest absolute Gasteiger partial charge is 0.0740 e. The summed E-state index contributed by atoms with van der Waals surface area (Å²) < 4.78 is 5.41. The molecule has 0 aromatic rings. The first-order valence-corrected chi connectivity index (χ1v) is 3.32. The third kappa shape index (κ3) is 0.565. The summed E-state index contributed by atoms with van der Waals surface area (Å²) in [5.74, 6) is 0. The molecule has 2 heteroatoms. The monoisotopic (exact) mass is 113 g/mol. The number of nitrogens with one attached hydrogen (secondary N) is 1. The second-order valence-corrected chi connectivity index (χ2v) is 2.55. The maximum Gasteiger partial charge on any atom is 0.0740 e. The van der Waals surface area contributed by atoms with Crippen molar-refractivity contribution in [3.05, 3.63) is 0 Å². The van der Waals surface area contributed by atoms with Gasteiger partial charge in [0.15, 0.2) is 0 Å². The summed E-state index contributed by atoms with van der Waals surface area (Å²) in [5, 5.41) is 3.39. The molecule has 0 bridgehead atoms. The summed E-state index contributed by atoms with van der Waals surface area (Å²) in [5.41, 5.74) is 0. The zero-order valence-electron chi connectivity index (χ0n) is 4.89. The van der Waals surface area contributed by atoms with Gasteiger partial charge in [0.2, 0.25) is 0 Å². The summed E-state index contributed by atoms with van der Waals surface area (Å²) in [6, 6.07) is 0.704. The van der Waals surface area contributed by atoms with E-state index in [0.717, 1.165) is 13.2 Å². The lowest BCUT2D eigenvalue weighted by atomic mass is 10.2. The minimum Gasteiger partial charge on any atom is -0.376 e. The van der Waals surface area contributed by atoms with Crippen LogP contribution in [0.2, 0.25) is 0 Å². The van der Waals surface area contributed by atoms with Crippen LogP contribution in [-0.2, 0) is 4.74 Å². The van der Waals surface area contributed by atoms with Gasteiger partial charge in [-0.3, -0.25) is 0 Å². The minimum absolute atomic E-state index is 0.565. The largest absolute Gasteiger partial charge is 0.376 e. The van der Waals surface area contributed by atoms with Crippen LogP contribution in [0.15, 0.2) is 0 Å². The molecule has 46 valence electrons. The van der Waals surface area contributed by atoms with E-state index in [1.807, 2.05) is 0 Å². The lowest BCUT2D eigenvalue weighted by molar-refractivity contribution is 0.112. The zero-order valence-corrected chi connectivity index (χ0v) is 4.89. The highest BCUT2D eigenvalue weighted by molar-refractivity contribution is 4.88. The third-order valence-corrected chi connectivity index (χ3v) is 2.04. The maximum atomic E-state index is 5.41. The molecular weight excluding hydrogens is 102 g/mol. The maximum absolute atomic E-state index is 5.41. The number of fused-ring (bicyclic) bond motifs is 1.